The van der Waals surface area contributed by atoms with Crippen molar-refractivity contribution in [3.63, 3.8) is 0 Å². The van der Waals surface area contributed by atoms with E-state index in [0.29, 0.717) is 16.6 Å². The molecule has 1 aromatic carbocycles. The number of rotatable bonds is 7. The molecule has 0 aromatic heterocycles. The van der Waals surface area contributed by atoms with Crippen LogP contribution in [-0.2, 0) is 13.8 Å². The van der Waals surface area contributed by atoms with Gasteiger partial charge in [-0.25, -0.2) is 13.2 Å². The number of carbonyl (C=O) groups excluding carboxylic acids is 1. The molecule has 0 bridgehead atoms. The Balaban J connectivity index is 2.88. The van der Waals surface area contributed by atoms with Gasteiger partial charge in [0.15, 0.2) is 0 Å². The SMILES string of the molecule is CCCCCCOC(=O)c1cc(Br)cc(S(=O)(=O)Cl)c1C. The van der Waals surface area contributed by atoms with Crippen LogP contribution in [0.1, 0.15) is 48.5 Å². The highest BCUT2D eigenvalue weighted by molar-refractivity contribution is 9.10. The highest BCUT2D eigenvalue weighted by Gasteiger charge is 2.21. The molecular formula is C14H18BrClO4S. The third-order valence-electron chi connectivity index (χ3n) is 3.04. The third-order valence-corrected chi connectivity index (χ3v) is 4.94. The quantitative estimate of drug-likeness (QED) is 0.388. The Morgan fingerprint density at radius 3 is 2.52 bits per heavy atom. The molecule has 21 heavy (non-hydrogen) atoms. The van der Waals surface area contributed by atoms with E-state index in [2.05, 4.69) is 22.9 Å². The van der Waals surface area contributed by atoms with E-state index >= 15 is 0 Å². The van der Waals surface area contributed by atoms with Crippen LogP contribution in [0.15, 0.2) is 21.5 Å². The standard InChI is InChI=1S/C14H18BrClO4S/c1-3-4-5-6-7-20-14(17)12-8-11(15)9-13(10(12)2)21(16,18)19/h8-9H,3-7H2,1-2H3. The summed E-state index contributed by atoms with van der Waals surface area (Å²) in [5, 5.41) is 0. The molecule has 0 amide bonds. The van der Waals surface area contributed by atoms with Crippen LogP contribution in [0, 0.1) is 6.92 Å². The number of hydrogen-bond acceptors (Lipinski definition) is 4. The van der Waals surface area contributed by atoms with Crippen LogP contribution in [0.25, 0.3) is 0 Å². The van der Waals surface area contributed by atoms with Gasteiger partial charge in [0.1, 0.15) is 0 Å². The average Bonchev–Trinajstić information content (AvgIpc) is 2.39. The van der Waals surface area contributed by atoms with Gasteiger partial charge in [-0.05, 0) is 31.0 Å². The summed E-state index contributed by atoms with van der Waals surface area (Å²) in [5.74, 6) is -0.535. The number of esters is 1. The van der Waals surface area contributed by atoms with E-state index in [1.165, 1.54) is 19.1 Å². The summed E-state index contributed by atoms with van der Waals surface area (Å²) >= 11 is 3.18. The van der Waals surface area contributed by atoms with Crippen molar-refractivity contribution in [2.75, 3.05) is 6.61 Å². The average molecular weight is 398 g/mol. The molecule has 0 aliphatic rings. The van der Waals surface area contributed by atoms with Gasteiger partial charge in [-0.3, -0.25) is 0 Å². The fraction of sp³-hybridized carbons (Fsp3) is 0.500. The Labute approximate surface area is 138 Å². The maximum Gasteiger partial charge on any atom is 0.338 e. The highest BCUT2D eigenvalue weighted by Crippen LogP contribution is 2.27. The smallest absolute Gasteiger partial charge is 0.338 e. The van der Waals surface area contributed by atoms with Gasteiger partial charge in [-0.1, -0.05) is 42.1 Å². The molecule has 0 saturated heterocycles. The largest absolute Gasteiger partial charge is 0.462 e. The summed E-state index contributed by atoms with van der Waals surface area (Å²) in [5.41, 5.74) is 0.505. The molecule has 0 N–H and O–H groups in total. The van der Waals surface area contributed by atoms with Gasteiger partial charge >= 0.3 is 5.97 Å². The maximum absolute atomic E-state index is 12.0. The minimum atomic E-state index is -3.91. The molecule has 0 spiro atoms. The van der Waals surface area contributed by atoms with Crippen LogP contribution < -0.4 is 0 Å². The lowest BCUT2D eigenvalue weighted by molar-refractivity contribution is 0.0496. The van der Waals surface area contributed by atoms with Gasteiger partial charge in [0.25, 0.3) is 9.05 Å². The Morgan fingerprint density at radius 2 is 1.95 bits per heavy atom. The van der Waals surface area contributed by atoms with Crippen LogP contribution in [0.3, 0.4) is 0 Å². The third kappa shape index (κ3) is 5.60. The summed E-state index contributed by atoms with van der Waals surface area (Å²) in [6.07, 6.45) is 4.01. The lowest BCUT2D eigenvalue weighted by atomic mass is 10.1. The van der Waals surface area contributed by atoms with Gasteiger partial charge in [-0.15, -0.1) is 0 Å². The normalized spacial score (nSPS) is 11.4. The molecule has 0 unspecified atom stereocenters. The molecule has 0 aliphatic heterocycles. The second-order valence-electron chi connectivity index (χ2n) is 4.71. The van der Waals surface area contributed by atoms with E-state index in [1.54, 1.807) is 0 Å². The van der Waals surface area contributed by atoms with Crippen molar-refractivity contribution in [1.82, 2.24) is 0 Å². The van der Waals surface area contributed by atoms with E-state index in [4.69, 9.17) is 15.4 Å². The van der Waals surface area contributed by atoms with E-state index in [-0.39, 0.29) is 10.5 Å². The first kappa shape index (κ1) is 18.5. The Kier molecular flexibility index (Phi) is 7.16. The van der Waals surface area contributed by atoms with Gasteiger partial charge in [0.2, 0.25) is 0 Å². The topological polar surface area (TPSA) is 60.4 Å². The number of benzene rings is 1. The summed E-state index contributed by atoms with van der Waals surface area (Å²) in [6, 6.07) is 2.91. The highest BCUT2D eigenvalue weighted by atomic mass is 79.9. The molecule has 0 heterocycles. The Morgan fingerprint density at radius 1 is 1.29 bits per heavy atom. The summed E-state index contributed by atoms with van der Waals surface area (Å²) in [4.78, 5) is 12.0. The number of halogens is 2. The van der Waals surface area contributed by atoms with Crippen molar-refractivity contribution >= 4 is 41.6 Å². The first-order valence-corrected chi connectivity index (χ1v) is 9.79. The van der Waals surface area contributed by atoms with Gasteiger partial charge in [0.05, 0.1) is 17.1 Å². The first-order valence-electron chi connectivity index (χ1n) is 6.69. The molecule has 0 atom stereocenters. The fourth-order valence-electron chi connectivity index (χ4n) is 1.89. The van der Waals surface area contributed by atoms with Crippen molar-refractivity contribution in [1.29, 1.82) is 0 Å². The van der Waals surface area contributed by atoms with Crippen molar-refractivity contribution < 1.29 is 17.9 Å². The van der Waals surface area contributed by atoms with Crippen molar-refractivity contribution in [2.24, 2.45) is 0 Å². The van der Waals surface area contributed by atoms with E-state index in [9.17, 15) is 13.2 Å². The molecule has 4 nitrogen and oxygen atoms in total. The zero-order valence-electron chi connectivity index (χ0n) is 12.0. The molecule has 7 heteroatoms. The monoisotopic (exact) mass is 396 g/mol. The molecule has 0 saturated carbocycles. The van der Waals surface area contributed by atoms with Gasteiger partial charge in [-0.2, -0.15) is 0 Å². The number of hydrogen-bond donors (Lipinski definition) is 0. The van der Waals surface area contributed by atoms with E-state index in [1.807, 2.05) is 0 Å². The second-order valence-corrected chi connectivity index (χ2v) is 8.16. The number of carbonyl (C=O) groups is 1. The maximum atomic E-state index is 12.0. The van der Waals surface area contributed by atoms with E-state index < -0.39 is 15.0 Å². The molecule has 118 valence electrons. The molecule has 0 aliphatic carbocycles. The fourth-order valence-corrected chi connectivity index (χ4v) is 3.72. The van der Waals surface area contributed by atoms with Crippen molar-refractivity contribution in [3.8, 4) is 0 Å². The summed E-state index contributed by atoms with van der Waals surface area (Å²) < 4.78 is 28.7. The lowest BCUT2D eigenvalue weighted by Crippen LogP contribution is -2.10. The lowest BCUT2D eigenvalue weighted by Gasteiger charge is -2.10. The minimum absolute atomic E-state index is 0.0866. The van der Waals surface area contributed by atoms with E-state index in [0.717, 1.165) is 25.7 Å². The number of unbranched alkanes of at least 4 members (excludes halogenated alkanes) is 3. The van der Waals surface area contributed by atoms with Crippen LogP contribution in [-0.4, -0.2) is 21.0 Å². The Hall–Kier alpha value is -0.590. The molecule has 0 radical (unpaired) electrons. The molecule has 1 aromatic rings. The van der Waals surface area contributed by atoms with Gasteiger partial charge in [0, 0.05) is 15.2 Å². The van der Waals surface area contributed by atoms with Crippen molar-refractivity contribution in [2.45, 2.75) is 44.4 Å². The molecular weight excluding hydrogens is 380 g/mol. The number of ether oxygens (including phenoxy) is 1. The van der Waals surface area contributed by atoms with Crippen LogP contribution in [0.2, 0.25) is 0 Å². The summed E-state index contributed by atoms with van der Waals surface area (Å²) in [7, 11) is 1.46. The first-order chi connectivity index (χ1) is 9.77. The predicted octanol–water partition coefficient (Wildman–Crippen LogP) is 4.42. The second kappa shape index (κ2) is 8.15. The summed E-state index contributed by atoms with van der Waals surface area (Å²) in [6.45, 7) is 3.97. The Bertz CT molecular complexity index is 614. The minimum Gasteiger partial charge on any atom is -0.462 e. The zero-order valence-corrected chi connectivity index (χ0v) is 15.1. The predicted molar refractivity (Wildman–Crippen MR) is 86.3 cm³/mol. The molecule has 0 fully saturated rings. The van der Waals surface area contributed by atoms with Crippen molar-refractivity contribution in [3.05, 3.63) is 27.7 Å². The van der Waals surface area contributed by atoms with Crippen LogP contribution in [0.5, 0.6) is 0 Å². The van der Waals surface area contributed by atoms with Crippen LogP contribution >= 0.6 is 26.6 Å². The molecule has 1 rings (SSSR count). The van der Waals surface area contributed by atoms with Gasteiger partial charge < -0.3 is 4.74 Å². The van der Waals surface area contributed by atoms with Crippen LogP contribution in [0.4, 0.5) is 0 Å². The zero-order chi connectivity index (χ0) is 16.0.